The van der Waals surface area contributed by atoms with Gasteiger partial charge in [-0.15, -0.1) is 0 Å². The van der Waals surface area contributed by atoms with Crippen molar-refractivity contribution in [2.75, 3.05) is 0 Å². The monoisotopic (exact) mass is 353 g/mol. The van der Waals surface area contributed by atoms with Gasteiger partial charge in [-0.05, 0) is 53.4 Å². The molecule has 4 nitrogen and oxygen atoms in total. The van der Waals surface area contributed by atoms with E-state index >= 15 is 0 Å². The van der Waals surface area contributed by atoms with E-state index in [9.17, 15) is 15.0 Å². The topological polar surface area (TPSA) is 73.3 Å². The molecule has 0 unspecified atom stereocenters. The molecule has 1 heterocycles. The van der Waals surface area contributed by atoms with Gasteiger partial charge in [0.05, 0.1) is 5.56 Å². The van der Waals surface area contributed by atoms with Crippen LogP contribution in [-0.2, 0) is 0 Å². The van der Waals surface area contributed by atoms with E-state index < -0.39 is 5.97 Å². The molecule has 0 saturated carbocycles. The van der Waals surface area contributed by atoms with Gasteiger partial charge in [0.2, 0.25) is 0 Å². The average Bonchev–Trinajstić information content (AvgIpc) is 3.13. The summed E-state index contributed by atoms with van der Waals surface area (Å²) in [5.41, 5.74) is 3.76. The summed E-state index contributed by atoms with van der Waals surface area (Å²) in [6.45, 7) is 0. The zero-order valence-electron chi connectivity index (χ0n) is 14.2. The second kappa shape index (κ2) is 6.74. The zero-order chi connectivity index (χ0) is 18.8. The van der Waals surface area contributed by atoms with Crippen molar-refractivity contribution in [1.82, 2.24) is 4.98 Å². The molecule has 130 valence electrons. The number of H-pyrrole nitrogens is 1. The maximum absolute atomic E-state index is 11.8. The van der Waals surface area contributed by atoms with Gasteiger partial charge >= 0.3 is 5.97 Å². The van der Waals surface area contributed by atoms with E-state index in [1.54, 1.807) is 42.5 Å². The molecule has 3 aromatic carbocycles. The van der Waals surface area contributed by atoms with Crippen molar-refractivity contribution >= 4 is 16.9 Å². The van der Waals surface area contributed by atoms with E-state index in [0.717, 1.165) is 16.5 Å². The van der Waals surface area contributed by atoms with Crippen LogP contribution in [0, 0.1) is 11.8 Å². The number of fused-ring (bicyclic) bond motifs is 1. The summed E-state index contributed by atoms with van der Waals surface area (Å²) >= 11 is 0. The minimum Gasteiger partial charge on any atom is -0.508 e. The van der Waals surface area contributed by atoms with Crippen molar-refractivity contribution in [2.45, 2.75) is 0 Å². The molecular weight excluding hydrogens is 338 g/mol. The molecule has 4 rings (SSSR count). The van der Waals surface area contributed by atoms with Crippen LogP contribution < -0.4 is 0 Å². The van der Waals surface area contributed by atoms with Gasteiger partial charge < -0.3 is 15.2 Å². The Labute approximate surface area is 155 Å². The van der Waals surface area contributed by atoms with Crippen LogP contribution in [0.3, 0.4) is 0 Å². The molecule has 0 bridgehead atoms. The van der Waals surface area contributed by atoms with Crippen molar-refractivity contribution < 1.29 is 15.0 Å². The lowest BCUT2D eigenvalue weighted by molar-refractivity contribution is 0.0697. The standard InChI is InChI=1S/C23H15NO3/c25-19-5-1-3-15(13-19)7-8-17-4-2-6-20(23(26)27)22(17)18-10-9-16-11-12-24-21(16)14-18/h1-6,9-14,24-25H,(H,26,27). The number of carboxylic acid groups (broad SMARTS) is 1. The Kier molecular flexibility index (Phi) is 4.12. The van der Waals surface area contributed by atoms with Crippen LogP contribution in [0.2, 0.25) is 0 Å². The number of benzene rings is 3. The summed E-state index contributed by atoms with van der Waals surface area (Å²) in [5, 5.41) is 20.3. The Balaban J connectivity index is 1.90. The fraction of sp³-hybridized carbons (Fsp3) is 0. The van der Waals surface area contributed by atoms with Crippen LogP contribution in [0.5, 0.6) is 5.75 Å². The molecule has 0 fully saturated rings. The lowest BCUT2D eigenvalue weighted by atomic mass is 9.93. The molecule has 4 heteroatoms. The Morgan fingerprint density at radius 1 is 0.926 bits per heavy atom. The Bertz CT molecular complexity index is 1230. The summed E-state index contributed by atoms with van der Waals surface area (Å²) in [4.78, 5) is 14.9. The van der Waals surface area contributed by atoms with Crippen LogP contribution in [0.25, 0.3) is 22.0 Å². The molecule has 0 aliphatic heterocycles. The first-order chi connectivity index (χ1) is 13.1. The molecule has 0 amide bonds. The second-order valence-corrected chi connectivity index (χ2v) is 6.11. The third-order valence-corrected chi connectivity index (χ3v) is 4.33. The minimum absolute atomic E-state index is 0.138. The van der Waals surface area contributed by atoms with E-state index in [2.05, 4.69) is 16.8 Å². The normalized spacial score (nSPS) is 10.4. The summed E-state index contributed by atoms with van der Waals surface area (Å²) in [6, 6.07) is 19.5. The number of carboxylic acids is 1. The Morgan fingerprint density at radius 2 is 1.78 bits per heavy atom. The van der Waals surface area contributed by atoms with Crippen molar-refractivity contribution in [1.29, 1.82) is 0 Å². The van der Waals surface area contributed by atoms with Gasteiger partial charge in [0.1, 0.15) is 5.75 Å². The molecule has 0 atom stereocenters. The van der Waals surface area contributed by atoms with E-state index in [-0.39, 0.29) is 11.3 Å². The quantitative estimate of drug-likeness (QED) is 0.460. The zero-order valence-corrected chi connectivity index (χ0v) is 14.2. The molecule has 27 heavy (non-hydrogen) atoms. The fourth-order valence-corrected chi connectivity index (χ4v) is 3.07. The smallest absolute Gasteiger partial charge is 0.336 e. The number of phenols is 1. The number of aromatic amines is 1. The largest absolute Gasteiger partial charge is 0.508 e. The van der Waals surface area contributed by atoms with E-state index in [4.69, 9.17) is 0 Å². The number of aromatic carboxylic acids is 1. The van der Waals surface area contributed by atoms with Gasteiger partial charge in [0.15, 0.2) is 0 Å². The minimum atomic E-state index is -1.00. The van der Waals surface area contributed by atoms with E-state index in [0.29, 0.717) is 16.7 Å². The average molecular weight is 353 g/mol. The number of carbonyl (C=O) groups is 1. The highest BCUT2D eigenvalue weighted by Crippen LogP contribution is 2.30. The van der Waals surface area contributed by atoms with Gasteiger partial charge in [0.25, 0.3) is 0 Å². The van der Waals surface area contributed by atoms with Crippen molar-refractivity contribution in [3.05, 3.63) is 89.6 Å². The van der Waals surface area contributed by atoms with E-state index in [1.165, 1.54) is 0 Å². The third kappa shape index (κ3) is 3.26. The molecule has 0 saturated heterocycles. The summed E-state index contributed by atoms with van der Waals surface area (Å²) in [7, 11) is 0. The molecule has 0 aliphatic rings. The van der Waals surface area contributed by atoms with E-state index in [1.807, 2.05) is 30.5 Å². The predicted octanol–water partition coefficient (Wildman–Crippen LogP) is 4.64. The third-order valence-electron chi connectivity index (χ3n) is 4.33. The van der Waals surface area contributed by atoms with Gasteiger partial charge in [-0.25, -0.2) is 4.79 Å². The molecule has 0 radical (unpaired) electrons. The Hall–Kier alpha value is -3.97. The second-order valence-electron chi connectivity index (χ2n) is 6.11. The fourth-order valence-electron chi connectivity index (χ4n) is 3.07. The highest BCUT2D eigenvalue weighted by Gasteiger charge is 2.15. The molecule has 1 aromatic heterocycles. The lowest BCUT2D eigenvalue weighted by Gasteiger charge is -2.10. The first-order valence-corrected chi connectivity index (χ1v) is 8.37. The van der Waals surface area contributed by atoms with Crippen LogP contribution in [0.15, 0.2) is 72.9 Å². The molecule has 3 N–H and O–H groups in total. The number of phenolic OH excluding ortho intramolecular Hbond substituents is 1. The van der Waals surface area contributed by atoms with Crippen molar-refractivity contribution in [2.24, 2.45) is 0 Å². The number of aromatic hydroxyl groups is 1. The van der Waals surface area contributed by atoms with Crippen molar-refractivity contribution in [3.8, 4) is 28.7 Å². The summed E-state index contributed by atoms with van der Waals surface area (Å²) < 4.78 is 0. The first kappa shape index (κ1) is 16.5. The molecule has 0 spiro atoms. The van der Waals surface area contributed by atoms with Crippen LogP contribution in [-0.4, -0.2) is 21.2 Å². The van der Waals surface area contributed by atoms with Crippen LogP contribution >= 0.6 is 0 Å². The number of nitrogens with one attached hydrogen (secondary N) is 1. The highest BCUT2D eigenvalue weighted by molar-refractivity contribution is 5.99. The maximum atomic E-state index is 11.8. The molecule has 0 aliphatic carbocycles. The maximum Gasteiger partial charge on any atom is 0.336 e. The van der Waals surface area contributed by atoms with Gasteiger partial charge in [-0.1, -0.05) is 36.1 Å². The molecular formula is C23H15NO3. The van der Waals surface area contributed by atoms with Gasteiger partial charge in [0, 0.05) is 28.4 Å². The number of rotatable bonds is 2. The SMILES string of the molecule is O=C(O)c1cccc(C#Cc2cccc(O)c2)c1-c1ccc2cc[nH]c2c1. The number of hydrogen-bond acceptors (Lipinski definition) is 2. The van der Waals surface area contributed by atoms with Crippen LogP contribution in [0.4, 0.5) is 0 Å². The first-order valence-electron chi connectivity index (χ1n) is 8.37. The summed E-state index contributed by atoms with van der Waals surface area (Å²) in [6.07, 6.45) is 1.85. The Morgan fingerprint density at radius 3 is 2.59 bits per heavy atom. The molecule has 4 aromatic rings. The van der Waals surface area contributed by atoms with Gasteiger partial charge in [-0.3, -0.25) is 0 Å². The van der Waals surface area contributed by atoms with Gasteiger partial charge in [-0.2, -0.15) is 0 Å². The van der Waals surface area contributed by atoms with Crippen molar-refractivity contribution in [3.63, 3.8) is 0 Å². The van der Waals surface area contributed by atoms with Crippen LogP contribution in [0.1, 0.15) is 21.5 Å². The predicted molar refractivity (Wildman–Crippen MR) is 105 cm³/mol. The highest BCUT2D eigenvalue weighted by atomic mass is 16.4. The summed E-state index contributed by atoms with van der Waals surface area (Å²) in [5.74, 6) is 5.19. The number of hydrogen-bond donors (Lipinski definition) is 3. The lowest BCUT2D eigenvalue weighted by Crippen LogP contribution is -2.01. The number of aromatic nitrogens is 1.